The molecular weight excluding hydrogens is 363 g/mol. The molecule has 148 valence electrons. The first-order valence-electron chi connectivity index (χ1n) is 6.95. The van der Waals surface area contributed by atoms with Gasteiger partial charge in [0.2, 0.25) is 6.08 Å². The van der Waals surface area contributed by atoms with Crippen molar-refractivity contribution in [2.75, 3.05) is 33.4 Å². The molecule has 0 heterocycles. The minimum Gasteiger partial charge on any atom is -0.756 e. The van der Waals surface area contributed by atoms with E-state index in [1.807, 2.05) is 0 Å². The highest BCUT2D eigenvalue weighted by Gasteiger charge is 2.17. The van der Waals surface area contributed by atoms with E-state index in [0.29, 0.717) is 0 Å². The molecule has 0 aromatic rings. The number of nitrogens with one attached hydrogen (secondary N) is 1. The maximum Gasteiger partial charge on any atom is 0.528 e. The van der Waals surface area contributed by atoms with E-state index in [-0.39, 0.29) is 13.2 Å². The molecule has 0 aliphatic heterocycles. The molecule has 2 unspecified atom stereocenters. The lowest BCUT2D eigenvalue weighted by Gasteiger charge is -2.23. The van der Waals surface area contributed by atoms with Crippen molar-refractivity contribution in [3.05, 3.63) is 0 Å². The number of carbonyl (C=O) groups is 1. The van der Waals surface area contributed by atoms with Crippen LogP contribution in [0.3, 0.4) is 0 Å². The molecule has 25 heavy (non-hydrogen) atoms. The molecule has 0 aliphatic carbocycles. The molecule has 0 aromatic heterocycles. The van der Waals surface area contributed by atoms with Crippen LogP contribution in [0.5, 0.6) is 0 Å². The van der Waals surface area contributed by atoms with Crippen LogP contribution in [0, 0.1) is 0 Å². The number of isocyanates is 1. The van der Waals surface area contributed by atoms with E-state index < -0.39 is 38.9 Å². The number of phosphoric acid groups is 1. The van der Waals surface area contributed by atoms with Crippen LogP contribution in [-0.2, 0) is 28.0 Å². The number of carbonyl (C=O) groups excluding carboxylic acids is 2. The van der Waals surface area contributed by atoms with Gasteiger partial charge in [-0.05, 0) is 20.8 Å². The quantitative estimate of drug-likeness (QED) is 0.113. The summed E-state index contributed by atoms with van der Waals surface area (Å²) in [4.78, 5) is 38.5. The summed E-state index contributed by atoms with van der Waals surface area (Å²) < 4.78 is 24.7. The molecule has 0 saturated carbocycles. The summed E-state index contributed by atoms with van der Waals surface area (Å²) in [7, 11) is -3.21. The van der Waals surface area contributed by atoms with Crippen molar-refractivity contribution in [1.82, 2.24) is 5.48 Å². The molecule has 0 amide bonds. The van der Waals surface area contributed by atoms with Gasteiger partial charge in [-0.2, -0.15) is 0 Å². The molecule has 0 fully saturated rings. The predicted molar refractivity (Wildman–Crippen MR) is 82.0 cm³/mol. The zero-order chi connectivity index (χ0) is 19.9. The SMILES string of the molecule is CC(C)(C)OC(=O)ONCCOP(=O)([O-])OCC(O)CO.CN=C=O. The van der Waals surface area contributed by atoms with E-state index in [9.17, 15) is 14.3 Å². The second kappa shape index (κ2) is 13.9. The molecule has 0 rings (SSSR count). The summed E-state index contributed by atoms with van der Waals surface area (Å²) in [5, 5.41) is 17.4. The molecule has 0 aromatic carbocycles. The number of phosphoric ester groups is 1. The Bertz CT molecular complexity index is 461. The summed E-state index contributed by atoms with van der Waals surface area (Å²) in [5.41, 5.74) is 1.44. The van der Waals surface area contributed by atoms with Crippen molar-refractivity contribution in [1.29, 1.82) is 0 Å². The van der Waals surface area contributed by atoms with Crippen LogP contribution in [0.25, 0.3) is 0 Å². The van der Waals surface area contributed by atoms with Gasteiger partial charge in [-0.15, -0.1) is 5.48 Å². The normalized spacial score (nSPS) is 14.2. The van der Waals surface area contributed by atoms with Crippen molar-refractivity contribution in [2.24, 2.45) is 4.99 Å². The second-order valence-electron chi connectivity index (χ2n) is 5.19. The molecule has 0 saturated heterocycles. The Kier molecular flexibility index (Phi) is 14.4. The number of hydrogen-bond donors (Lipinski definition) is 3. The summed E-state index contributed by atoms with van der Waals surface area (Å²) in [6, 6.07) is 0. The van der Waals surface area contributed by atoms with Crippen molar-refractivity contribution in [3.63, 3.8) is 0 Å². The molecule has 3 N–H and O–H groups in total. The van der Waals surface area contributed by atoms with E-state index in [4.69, 9.17) is 19.7 Å². The number of aliphatic imine (C=N–C) groups is 1. The molecule has 0 bridgehead atoms. The van der Waals surface area contributed by atoms with E-state index >= 15 is 0 Å². The highest BCUT2D eigenvalue weighted by atomic mass is 31.2. The Morgan fingerprint density at radius 3 is 2.40 bits per heavy atom. The van der Waals surface area contributed by atoms with E-state index in [1.165, 1.54) is 13.1 Å². The largest absolute Gasteiger partial charge is 0.756 e. The number of ether oxygens (including phenoxy) is 1. The Balaban J connectivity index is 0. The number of rotatable bonds is 9. The smallest absolute Gasteiger partial charge is 0.528 e. The van der Waals surface area contributed by atoms with Gasteiger partial charge >= 0.3 is 6.16 Å². The van der Waals surface area contributed by atoms with Crippen LogP contribution in [0.4, 0.5) is 4.79 Å². The molecule has 2 atom stereocenters. The van der Waals surface area contributed by atoms with E-state index in [2.05, 4.69) is 24.4 Å². The zero-order valence-corrected chi connectivity index (χ0v) is 15.4. The average Bonchev–Trinajstić information content (AvgIpc) is 2.50. The molecule has 12 nitrogen and oxygen atoms in total. The number of hydroxylamine groups is 1. The molecule has 0 spiro atoms. The van der Waals surface area contributed by atoms with Crippen molar-refractivity contribution in [3.8, 4) is 0 Å². The standard InChI is InChI=1S/C10H22NO9P.C2H3NO/c1-10(2,3)19-9(14)20-11-4-5-17-21(15,16)18-7-8(13)6-12;1-3-2-4/h8,11-13H,4-7H2,1-3H3,(H,15,16);1H3/p-1. The number of aliphatic hydroxyl groups excluding tert-OH is 2. The van der Waals surface area contributed by atoms with Gasteiger partial charge < -0.3 is 33.7 Å². The van der Waals surface area contributed by atoms with E-state index in [1.54, 1.807) is 20.8 Å². The topological polar surface area (TPSA) is 176 Å². The second-order valence-corrected chi connectivity index (χ2v) is 6.60. The highest BCUT2D eigenvalue weighted by molar-refractivity contribution is 7.45. The first kappa shape index (κ1) is 25.9. The van der Waals surface area contributed by atoms with Gasteiger partial charge in [0.1, 0.15) is 11.7 Å². The van der Waals surface area contributed by atoms with Crippen LogP contribution in [0.1, 0.15) is 20.8 Å². The summed E-state index contributed by atoms with van der Waals surface area (Å²) >= 11 is 0. The minimum atomic E-state index is -4.59. The maximum atomic E-state index is 11.2. The first-order valence-corrected chi connectivity index (χ1v) is 8.41. The number of hydrogen-bond acceptors (Lipinski definition) is 12. The van der Waals surface area contributed by atoms with Gasteiger partial charge in [-0.25, -0.2) is 14.6 Å². The molecular formula is C12H24N2O10P-. The summed E-state index contributed by atoms with van der Waals surface area (Å²) in [6.07, 6.45) is -0.973. The summed E-state index contributed by atoms with van der Waals surface area (Å²) in [6.45, 7) is 3.23. The van der Waals surface area contributed by atoms with Gasteiger partial charge in [0.15, 0.2) is 0 Å². The lowest BCUT2D eigenvalue weighted by molar-refractivity contribution is -0.227. The zero-order valence-electron chi connectivity index (χ0n) is 14.5. The third-order valence-electron chi connectivity index (χ3n) is 1.73. The Hall–Kier alpha value is -1.36. The predicted octanol–water partition coefficient (Wildman–Crippen LogP) is -0.750. The van der Waals surface area contributed by atoms with Crippen molar-refractivity contribution < 1.29 is 47.9 Å². The maximum absolute atomic E-state index is 11.2. The minimum absolute atomic E-state index is 0.128. The Labute approximate surface area is 145 Å². The lowest BCUT2D eigenvalue weighted by atomic mass is 10.2. The highest BCUT2D eigenvalue weighted by Crippen LogP contribution is 2.37. The fraction of sp³-hybridized carbons (Fsp3) is 0.833. The van der Waals surface area contributed by atoms with Crippen molar-refractivity contribution in [2.45, 2.75) is 32.5 Å². The van der Waals surface area contributed by atoms with Crippen LogP contribution in [0.15, 0.2) is 4.99 Å². The van der Waals surface area contributed by atoms with E-state index in [0.717, 1.165) is 0 Å². The molecule has 0 radical (unpaired) electrons. The number of nitrogens with zero attached hydrogens (tertiary/aromatic N) is 1. The number of aliphatic hydroxyl groups is 2. The van der Waals surface area contributed by atoms with Crippen LogP contribution >= 0.6 is 7.82 Å². The van der Waals surface area contributed by atoms with Gasteiger partial charge in [0.05, 0.1) is 26.4 Å². The van der Waals surface area contributed by atoms with Gasteiger partial charge in [-0.3, -0.25) is 4.57 Å². The summed E-state index contributed by atoms with van der Waals surface area (Å²) in [5.74, 6) is 0. The monoisotopic (exact) mass is 387 g/mol. The van der Waals surface area contributed by atoms with Gasteiger partial charge in [0.25, 0.3) is 7.82 Å². The van der Waals surface area contributed by atoms with Crippen LogP contribution in [-0.4, -0.2) is 67.6 Å². The first-order chi connectivity index (χ1) is 11.5. The van der Waals surface area contributed by atoms with Crippen LogP contribution in [0.2, 0.25) is 0 Å². The fourth-order valence-corrected chi connectivity index (χ4v) is 1.59. The lowest BCUT2D eigenvalue weighted by Crippen LogP contribution is -2.30. The average molecular weight is 387 g/mol. The van der Waals surface area contributed by atoms with Crippen LogP contribution < -0.4 is 10.4 Å². The Morgan fingerprint density at radius 2 is 1.96 bits per heavy atom. The van der Waals surface area contributed by atoms with Gasteiger partial charge in [-0.1, -0.05) is 0 Å². The molecule has 13 heteroatoms. The van der Waals surface area contributed by atoms with Crippen molar-refractivity contribution >= 4 is 20.1 Å². The molecule has 0 aliphatic rings. The third-order valence-corrected chi connectivity index (χ3v) is 2.69. The Morgan fingerprint density at radius 1 is 1.40 bits per heavy atom. The fourth-order valence-electron chi connectivity index (χ4n) is 0.847. The van der Waals surface area contributed by atoms with Gasteiger partial charge in [0, 0.05) is 7.05 Å². The third kappa shape index (κ3) is 20.6.